The van der Waals surface area contributed by atoms with Gasteiger partial charge >= 0.3 is 0 Å². The zero-order chi connectivity index (χ0) is 17.1. The van der Waals surface area contributed by atoms with E-state index in [2.05, 4.69) is 0 Å². The highest BCUT2D eigenvalue weighted by molar-refractivity contribution is 6.30. The van der Waals surface area contributed by atoms with Gasteiger partial charge in [0.05, 0.1) is 4.92 Å². The Kier molecular flexibility index (Phi) is 4.44. The molecule has 0 aromatic heterocycles. The number of carbonyl (C=O) groups is 1. The summed E-state index contributed by atoms with van der Waals surface area (Å²) < 4.78 is 5.61. The largest absolute Gasteiger partial charge is 0.488 e. The Morgan fingerprint density at radius 2 is 1.96 bits per heavy atom. The van der Waals surface area contributed by atoms with Crippen molar-refractivity contribution in [2.45, 2.75) is 0 Å². The highest BCUT2D eigenvalue weighted by Gasteiger charge is 2.11. The number of hydrogen-bond acceptors (Lipinski definition) is 4. The van der Waals surface area contributed by atoms with Crippen molar-refractivity contribution < 1.29 is 14.5 Å². The first-order valence-electron chi connectivity index (χ1n) is 7.13. The van der Waals surface area contributed by atoms with Crippen molar-refractivity contribution in [3.05, 3.63) is 86.5 Å². The van der Waals surface area contributed by atoms with Crippen molar-refractivity contribution in [1.82, 2.24) is 0 Å². The van der Waals surface area contributed by atoms with Crippen LogP contribution in [0.2, 0.25) is 5.02 Å². The van der Waals surface area contributed by atoms with E-state index < -0.39 is 4.92 Å². The smallest absolute Gasteiger partial charge is 0.269 e. The molecule has 0 atom stereocenters. The van der Waals surface area contributed by atoms with Gasteiger partial charge in [-0.2, -0.15) is 0 Å². The van der Waals surface area contributed by atoms with Gasteiger partial charge in [-0.05, 0) is 48.1 Å². The van der Waals surface area contributed by atoms with Gasteiger partial charge in [0, 0.05) is 28.3 Å². The Balaban J connectivity index is 1.76. The number of nitrogens with zero attached hydrogens (tertiary/aromatic N) is 1. The molecule has 2 aromatic rings. The van der Waals surface area contributed by atoms with E-state index in [1.54, 1.807) is 24.3 Å². The van der Waals surface area contributed by atoms with Crippen molar-refractivity contribution in [1.29, 1.82) is 0 Å². The lowest BCUT2D eigenvalue weighted by atomic mass is 10.1. The molecule has 0 amide bonds. The molecule has 1 aliphatic heterocycles. The summed E-state index contributed by atoms with van der Waals surface area (Å²) >= 11 is 5.96. The zero-order valence-electron chi connectivity index (χ0n) is 12.4. The highest BCUT2D eigenvalue weighted by Crippen LogP contribution is 2.29. The Labute approximate surface area is 143 Å². The predicted molar refractivity (Wildman–Crippen MR) is 91.5 cm³/mol. The van der Waals surface area contributed by atoms with Crippen LogP contribution < -0.4 is 4.74 Å². The zero-order valence-corrected chi connectivity index (χ0v) is 13.2. The van der Waals surface area contributed by atoms with E-state index in [1.165, 1.54) is 30.3 Å². The number of benzene rings is 2. The maximum atomic E-state index is 12.1. The van der Waals surface area contributed by atoms with E-state index in [9.17, 15) is 14.9 Å². The Morgan fingerprint density at radius 3 is 2.67 bits per heavy atom. The van der Waals surface area contributed by atoms with Gasteiger partial charge in [0.1, 0.15) is 12.4 Å². The number of rotatable bonds is 4. The van der Waals surface area contributed by atoms with Crippen LogP contribution in [0.3, 0.4) is 0 Å². The van der Waals surface area contributed by atoms with Crippen molar-refractivity contribution in [2.75, 3.05) is 6.61 Å². The summed E-state index contributed by atoms with van der Waals surface area (Å²) in [5.74, 6) is 0.515. The third-order valence-corrected chi connectivity index (χ3v) is 3.75. The molecule has 0 aliphatic carbocycles. The predicted octanol–water partition coefficient (Wildman–Crippen LogP) is 4.46. The fraction of sp³-hybridized carbons (Fsp3) is 0.0556. The SMILES string of the molecule is O=C(/C=C/C1=Cc2cc(Cl)ccc2OC1)c1ccc([N+](=O)[O-])cc1. The second kappa shape index (κ2) is 6.68. The van der Waals surface area contributed by atoms with Gasteiger partial charge in [0.2, 0.25) is 0 Å². The van der Waals surface area contributed by atoms with Crippen LogP contribution in [0, 0.1) is 10.1 Å². The topological polar surface area (TPSA) is 69.4 Å². The molecule has 5 nitrogen and oxygen atoms in total. The molecule has 120 valence electrons. The molecule has 0 spiro atoms. The van der Waals surface area contributed by atoms with Gasteiger partial charge in [0.25, 0.3) is 5.69 Å². The normalized spacial score (nSPS) is 13.1. The number of fused-ring (bicyclic) bond motifs is 1. The number of allylic oxidation sites excluding steroid dienone is 1. The molecule has 0 unspecified atom stereocenters. The van der Waals surface area contributed by atoms with Crippen molar-refractivity contribution in [3.8, 4) is 5.75 Å². The number of nitro groups is 1. The maximum absolute atomic E-state index is 12.1. The molecule has 1 heterocycles. The van der Waals surface area contributed by atoms with Crippen molar-refractivity contribution in [3.63, 3.8) is 0 Å². The van der Waals surface area contributed by atoms with Crippen LogP contribution in [0.1, 0.15) is 15.9 Å². The minimum atomic E-state index is -0.503. The van der Waals surface area contributed by atoms with Crippen LogP contribution in [0.5, 0.6) is 5.75 Å². The molecule has 2 aromatic carbocycles. The van der Waals surface area contributed by atoms with Gasteiger partial charge in [-0.3, -0.25) is 14.9 Å². The summed E-state index contributed by atoms with van der Waals surface area (Å²) in [5.41, 5.74) is 2.03. The molecular formula is C18H12ClNO4. The van der Waals surface area contributed by atoms with E-state index in [1.807, 2.05) is 6.08 Å². The standard InChI is InChI=1S/C18H12ClNO4/c19-15-4-8-18-14(10-15)9-12(11-24-18)1-7-17(21)13-2-5-16(6-3-13)20(22)23/h1-10H,11H2/b7-1+. The Bertz CT molecular complexity index is 869. The van der Waals surface area contributed by atoms with Crippen LogP contribution in [-0.2, 0) is 0 Å². The second-order valence-electron chi connectivity index (χ2n) is 5.19. The van der Waals surface area contributed by atoms with Crippen LogP contribution in [0.15, 0.2) is 60.2 Å². The fourth-order valence-corrected chi connectivity index (χ4v) is 2.47. The van der Waals surface area contributed by atoms with Gasteiger partial charge in [0.15, 0.2) is 5.78 Å². The van der Waals surface area contributed by atoms with Gasteiger partial charge in [-0.1, -0.05) is 17.7 Å². The molecule has 6 heteroatoms. The van der Waals surface area contributed by atoms with Crippen LogP contribution >= 0.6 is 11.6 Å². The summed E-state index contributed by atoms with van der Waals surface area (Å²) in [4.78, 5) is 22.2. The van der Waals surface area contributed by atoms with E-state index in [0.29, 0.717) is 17.2 Å². The van der Waals surface area contributed by atoms with Crippen LogP contribution in [0.25, 0.3) is 6.08 Å². The van der Waals surface area contributed by atoms with Crippen LogP contribution in [0.4, 0.5) is 5.69 Å². The molecular weight excluding hydrogens is 330 g/mol. The van der Waals surface area contributed by atoms with Crippen molar-refractivity contribution in [2.24, 2.45) is 0 Å². The van der Waals surface area contributed by atoms with E-state index in [-0.39, 0.29) is 11.5 Å². The monoisotopic (exact) mass is 341 g/mol. The lowest BCUT2D eigenvalue weighted by molar-refractivity contribution is -0.384. The summed E-state index contributed by atoms with van der Waals surface area (Å²) in [5, 5.41) is 11.2. The Morgan fingerprint density at radius 1 is 1.21 bits per heavy atom. The fourth-order valence-electron chi connectivity index (χ4n) is 2.29. The molecule has 0 saturated heterocycles. The second-order valence-corrected chi connectivity index (χ2v) is 5.63. The summed E-state index contributed by atoms with van der Waals surface area (Å²) in [6.45, 7) is 0.360. The molecule has 0 N–H and O–H groups in total. The summed E-state index contributed by atoms with van der Waals surface area (Å²) in [6.07, 6.45) is 5.00. The number of carbonyl (C=O) groups excluding carboxylic acids is 1. The average molecular weight is 342 g/mol. The lowest BCUT2D eigenvalue weighted by Crippen LogP contribution is -2.06. The first-order chi connectivity index (χ1) is 11.5. The first-order valence-corrected chi connectivity index (χ1v) is 7.50. The molecule has 0 fully saturated rings. The number of halogens is 1. The third-order valence-electron chi connectivity index (χ3n) is 3.52. The molecule has 0 saturated carbocycles. The molecule has 3 rings (SSSR count). The van der Waals surface area contributed by atoms with Gasteiger partial charge < -0.3 is 4.74 Å². The number of non-ortho nitro benzene ring substituents is 1. The quantitative estimate of drug-likeness (QED) is 0.356. The number of ether oxygens (including phenoxy) is 1. The van der Waals surface area contributed by atoms with Crippen LogP contribution in [-0.4, -0.2) is 17.3 Å². The average Bonchev–Trinajstić information content (AvgIpc) is 2.59. The van der Waals surface area contributed by atoms with Crippen molar-refractivity contribution >= 4 is 29.1 Å². The van der Waals surface area contributed by atoms with Gasteiger partial charge in [-0.15, -0.1) is 0 Å². The maximum Gasteiger partial charge on any atom is 0.269 e. The molecule has 0 radical (unpaired) electrons. The minimum absolute atomic E-state index is 0.0487. The summed E-state index contributed by atoms with van der Waals surface area (Å²) in [7, 11) is 0. The minimum Gasteiger partial charge on any atom is -0.488 e. The van der Waals surface area contributed by atoms with E-state index in [0.717, 1.165) is 16.9 Å². The number of hydrogen-bond donors (Lipinski definition) is 0. The highest BCUT2D eigenvalue weighted by atomic mass is 35.5. The van der Waals surface area contributed by atoms with E-state index in [4.69, 9.17) is 16.3 Å². The number of ketones is 1. The third kappa shape index (κ3) is 3.52. The lowest BCUT2D eigenvalue weighted by Gasteiger charge is -2.16. The van der Waals surface area contributed by atoms with Gasteiger partial charge in [-0.25, -0.2) is 0 Å². The number of nitro benzene ring substituents is 1. The molecule has 24 heavy (non-hydrogen) atoms. The molecule has 1 aliphatic rings. The van der Waals surface area contributed by atoms with E-state index >= 15 is 0 Å². The first kappa shape index (κ1) is 16.0. The molecule has 0 bridgehead atoms. The Hall–Kier alpha value is -2.92. The summed E-state index contributed by atoms with van der Waals surface area (Å²) in [6, 6.07) is 10.8.